The maximum atomic E-state index is 6.20. The van der Waals surface area contributed by atoms with Crippen molar-refractivity contribution in [3.8, 4) is 16.9 Å². The molecule has 3 heterocycles. The largest absolute Gasteiger partial charge is 0.488 e. The number of aromatic nitrogens is 1. The summed E-state index contributed by atoms with van der Waals surface area (Å²) >= 11 is 1.66. The van der Waals surface area contributed by atoms with Crippen molar-refractivity contribution in [3.63, 3.8) is 0 Å². The van der Waals surface area contributed by atoms with Crippen molar-refractivity contribution in [2.24, 2.45) is 0 Å². The zero-order chi connectivity index (χ0) is 22.1. The van der Waals surface area contributed by atoms with E-state index in [0.717, 1.165) is 42.5 Å². The third-order valence-electron chi connectivity index (χ3n) is 6.47. The summed E-state index contributed by atoms with van der Waals surface area (Å²) in [5.41, 5.74) is 6.63. The molecule has 0 amide bonds. The van der Waals surface area contributed by atoms with Gasteiger partial charge in [0.1, 0.15) is 11.9 Å². The molecule has 0 atom stereocenters. The van der Waals surface area contributed by atoms with Crippen LogP contribution in [-0.2, 0) is 13.0 Å². The summed E-state index contributed by atoms with van der Waals surface area (Å²) in [6.45, 7) is 8.67. The normalized spacial score (nSPS) is 16.3. The molecule has 0 unspecified atom stereocenters. The Morgan fingerprint density at radius 3 is 2.50 bits per heavy atom. The molecule has 0 bridgehead atoms. The highest BCUT2D eigenvalue weighted by Crippen LogP contribution is 2.32. The summed E-state index contributed by atoms with van der Waals surface area (Å²) in [4.78, 5) is 9.46. The molecule has 32 heavy (non-hydrogen) atoms. The second-order valence-electron chi connectivity index (χ2n) is 9.05. The fourth-order valence-electron chi connectivity index (χ4n) is 4.66. The molecule has 0 radical (unpaired) electrons. The maximum Gasteiger partial charge on any atom is 0.124 e. The number of benzene rings is 2. The molecular formula is C27H31N3OS. The van der Waals surface area contributed by atoms with E-state index < -0.39 is 0 Å². The summed E-state index contributed by atoms with van der Waals surface area (Å²) in [6.07, 6.45) is 5.42. The molecule has 1 saturated heterocycles. The molecule has 0 N–H and O–H groups in total. The Balaban J connectivity index is 1.14. The van der Waals surface area contributed by atoms with Crippen LogP contribution in [0.4, 0.5) is 5.69 Å². The monoisotopic (exact) mass is 445 g/mol. The predicted octanol–water partition coefficient (Wildman–Crippen LogP) is 5.50. The van der Waals surface area contributed by atoms with Gasteiger partial charge in [0.2, 0.25) is 0 Å². The molecular weight excluding hydrogens is 414 g/mol. The summed E-state index contributed by atoms with van der Waals surface area (Å²) in [5.74, 6) is 0.942. The van der Waals surface area contributed by atoms with Crippen LogP contribution in [0.1, 0.15) is 25.0 Å². The first kappa shape index (κ1) is 21.4. The van der Waals surface area contributed by atoms with Crippen molar-refractivity contribution in [1.82, 2.24) is 9.88 Å². The standard InChI is InChI=1S/C27H31N3OS/c1-19(2)30-13-12-22-5-4-20(14-26(22)30)16-29-17-25(18-29)31-24-9-6-21(7-10-24)23-8-11-27(32-3)28-15-23/h4-11,14-15,19,25H,12-13,16-18H2,1-3H3. The van der Waals surface area contributed by atoms with Crippen LogP contribution < -0.4 is 9.64 Å². The molecule has 5 rings (SSSR count). The second-order valence-corrected chi connectivity index (χ2v) is 9.87. The summed E-state index contributed by atoms with van der Waals surface area (Å²) in [7, 11) is 0. The van der Waals surface area contributed by atoms with E-state index in [-0.39, 0.29) is 6.10 Å². The highest BCUT2D eigenvalue weighted by Gasteiger charge is 2.29. The molecule has 0 saturated carbocycles. The molecule has 2 aliphatic heterocycles. The maximum absolute atomic E-state index is 6.20. The van der Waals surface area contributed by atoms with Gasteiger partial charge < -0.3 is 9.64 Å². The van der Waals surface area contributed by atoms with Crippen LogP contribution in [-0.4, -0.2) is 47.9 Å². The Morgan fingerprint density at radius 1 is 1.03 bits per heavy atom. The first-order valence-electron chi connectivity index (χ1n) is 11.5. The Bertz CT molecular complexity index is 1060. The highest BCUT2D eigenvalue weighted by atomic mass is 32.2. The van der Waals surface area contributed by atoms with Gasteiger partial charge in [0.15, 0.2) is 0 Å². The smallest absolute Gasteiger partial charge is 0.124 e. The summed E-state index contributed by atoms with van der Waals surface area (Å²) < 4.78 is 6.20. The second kappa shape index (κ2) is 9.16. The van der Waals surface area contributed by atoms with Gasteiger partial charge in [-0.05, 0) is 67.5 Å². The number of fused-ring (bicyclic) bond motifs is 1. The van der Waals surface area contributed by atoms with Gasteiger partial charge in [0.05, 0.1) is 5.03 Å². The van der Waals surface area contributed by atoms with Gasteiger partial charge >= 0.3 is 0 Å². The number of rotatable bonds is 7. The van der Waals surface area contributed by atoms with E-state index in [4.69, 9.17) is 4.74 Å². The third kappa shape index (κ3) is 4.50. The molecule has 0 aliphatic carbocycles. The minimum Gasteiger partial charge on any atom is -0.488 e. The van der Waals surface area contributed by atoms with Gasteiger partial charge in [-0.3, -0.25) is 4.90 Å². The number of hydrogen-bond donors (Lipinski definition) is 0. The van der Waals surface area contributed by atoms with E-state index in [9.17, 15) is 0 Å². The van der Waals surface area contributed by atoms with E-state index in [1.165, 1.54) is 28.8 Å². The number of hydrogen-bond acceptors (Lipinski definition) is 5. The lowest BCUT2D eigenvalue weighted by Crippen LogP contribution is -2.53. The molecule has 0 spiro atoms. The lowest BCUT2D eigenvalue weighted by atomic mass is 10.1. The summed E-state index contributed by atoms with van der Waals surface area (Å²) in [5, 5.41) is 1.04. The molecule has 4 nitrogen and oxygen atoms in total. The minimum atomic E-state index is 0.268. The zero-order valence-corrected chi connectivity index (χ0v) is 19.9. The van der Waals surface area contributed by atoms with Crippen LogP contribution in [0.2, 0.25) is 0 Å². The van der Waals surface area contributed by atoms with Crippen LogP contribution in [0.15, 0.2) is 65.8 Å². The molecule has 2 aliphatic rings. The molecule has 5 heteroatoms. The molecule has 2 aromatic carbocycles. The lowest BCUT2D eigenvalue weighted by Gasteiger charge is -2.39. The Hall–Kier alpha value is -2.50. The van der Waals surface area contributed by atoms with Crippen LogP contribution in [0.5, 0.6) is 5.75 Å². The number of nitrogens with zero attached hydrogens (tertiary/aromatic N) is 3. The van der Waals surface area contributed by atoms with Gasteiger partial charge in [0.25, 0.3) is 0 Å². The third-order valence-corrected chi connectivity index (χ3v) is 7.13. The van der Waals surface area contributed by atoms with E-state index in [1.54, 1.807) is 11.8 Å². The highest BCUT2D eigenvalue weighted by molar-refractivity contribution is 7.98. The van der Waals surface area contributed by atoms with E-state index in [1.807, 2.05) is 12.5 Å². The number of likely N-dealkylation sites (tertiary alicyclic amines) is 1. The van der Waals surface area contributed by atoms with E-state index in [0.29, 0.717) is 6.04 Å². The van der Waals surface area contributed by atoms with Crippen LogP contribution >= 0.6 is 11.8 Å². The van der Waals surface area contributed by atoms with Crippen molar-refractivity contribution in [2.45, 2.75) is 44.0 Å². The van der Waals surface area contributed by atoms with Gasteiger partial charge in [-0.1, -0.05) is 30.3 Å². The average Bonchev–Trinajstić information content (AvgIpc) is 3.22. The predicted molar refractivity (Wildman–Crippen MR) is 134 cm³/mol. The number of ether oxygens (including phenoxy) is 1. The average molecular weight is 446 g/mol. The quantitative estimate of drug-likeness (QED) is 0.448. The first-order chi connectivity index (χ1) is 15.6. The Morgan fingerprint density at radius 2 is 1.81 bits per heavy atom. The number of anilines is 1. The van der Waals surface area contributed by atoms with Crippen molar-refractivity contribution in [3.05, 3.63) is 71.9 Å². The first-order valence-corrected chi connectivity index (χ1v) is 12.7. The van der Waals surface area contributed by atoms with Crippen molar-refractivity contribution < 1.29 is 4.74 Å². The molecule has 1 aromatic heterocycles. The zero-order valence-electron chi connectivity index (χ0n) is 19.1. The van der Waals surface area contributed by atoms with Crippen LogP contribution in [0, 0.1) is 0 Å². The van der Waals surface area contributed by atoms with Crippen molar-refractivity contribution in [1.29, 1.82) is 0 Å². The van der Waals surface area contributed by atoms with E-state index >= 15 is 0 Å². The Labute approximate surface area is 195 Å². The SMILES string of the molecule is CSc1ccc(-c2ccc(OC3CN(Cc4ccc5c(c4)N(C(C)C)CC5)C3)cc2)cn1. The fraction of sp³-hybridized carbons (Fsp3) is 0.370. The van der Waals surface area contributed by atoms with E-state index in [2.05, 4.69) is 83.2 Å². The van der Waals surface area contributed by atoms with Gasteiger partial charge in [-0.15, -0.1) is 11.8 Å². The van der Waals surface area contributed by atoms with Gasteiger partial charge in [-0.25, -0.2) is 4.98 Å². The minimum absolute atomic E-state index is 0.268. The molecule has 166 valence electrons. The van der Waals surface area contributed by atoms with Crippen LogP contribution in [0.3, 0.4) is 0 Å². The lowest BCUT2D eigenvalue weighted by molar-refractivity contribution is 0.0146. The Kier molecular flexibility index (Phi) is 6.11. The molecule has 1 fully saturated rings. The van der Waals surface area contributed by atoms with Crippen LogP contribution in [0.25, 0.3) is 11.1 Å². The number of pyridine rings is 1. The topological polar surface area (TPSA) is 28.6 Å². The summed E-state index contributed by atoms with van der Waals surface area (Å²) in [6, 6.07) is 20.2. The van der Waals surface area contributed by atoms with Crippen molar-refractivity contribution >= 4 is 17.4 Å². The van der Waals surface area contributed by atoms with Gasteiger partial charge in [-0.2, -0.15) is 0 Å². The van der Waals surface area contributed by atoms with Gasteiger partial charge in [0, 0.05) is 49.7 Å². The van der Waals surface area contributed by atoms with Crippen molar-refractivity contribution in [2.75, 3.05) is 30.8 Å². The fourth-order valence-corrected chi connectivity index (χ4v) is 5.02. The molecule has 3 aromatic rings. The number of thioether (sulfide) groups is 1.